The summed E-state index contributed by atoms with van der Waals surface area (Å²) >= 11 is 0. The van der Waals surface area contributed by atoms with Crippen molar-refractivity contribution < 1.29 is 56.8 Å². The third-order valence-electron chi connectivity index (χ3n) is 6.47. The SMILES string of the molecule is Nc1cc2c(cc1N)OCCOCCOCCOCCOCCO2.Nc1cc2c(cc1N)OCCOCCOCCOCCOCCO2. The molecule has 0 aliphatic carbocycles. The maximum atomic E-state index is 5.83. The lowest BCUT2D eigenvalue weighted by Crippen LogP contribution is -2.16. The maximum Gasteiger partial charge on any atom is 0.163 e. The largest absolute Gasteiger partial charge is 0.487 e. The molecule has 0 atom stereocenters. The lowest BCUT2D eigenvalue weighted by Gasteiger charge is -2.15. The second kappa shape index (κ2) is 24.6. The van der Waals surface area contributed by atoms with Gasteiger partial charge in [0.05, 0.1) is 128 Å². The van der Waals surface area contributed by atoms with Crippen molar-refractivity contribution in [2.75, 3.05) is 155 Å². The van der Waals surface area contributed by atoms with Crippen molar-refractivity contribution in [2.24, 2.45) is 0 Å². The van der Waals surface area contributed by atoms with Gasteiger partial charge in [-0.3, -0.25) is 0 Å². The van der Waals surface area contributed by atoms with Crippen molar-refractivity contribution in [2.45, 2.75) is 0 Å². The fraction of sp³-hybridized carbons (Fsp3) is 0.625. The van der Waals surface area contributed by atoms with E-state index in [0.717, 1.165) is 0 Å². The van der Waals surface area contributed by atoms with E-state index in [-0.39, 0.29) is 0 Å². The number of benzene rings is 2. The summed E-state index contributed by atoms with van der Waals surface area (Å²) in [5, 5.41) is 0. The van der Waals surface area contributed by atoms with E-state index in [9.17, 15) is 0 Å². The first kappa shape index (κ1) is 39.0. The third kappa shape index (κ3) is 16.6. The molecule has 16 heteroatoms. The molecule has 4 rings (SSSR count). The fourth-order valence-electron chi connectivity index (χ4n) is 4.00. The molecule has 0 saturated heterocycles. The average Bonchev–Trinajstić information content (AvgIpc) is 3.07. The van der Waals surface area contributed by atoms with E-state index in [4.69, 9.17) is 79.8 Å². The molecule has 0 unspecified atom stereocenters. The van der Waals surface area contributed by atoms with E-state index in [0.29, 0.717) is 178 Å². The minimum atomic E-state index is 0.374. The zero-order chi connectivity index (χ0) is 34.1. The van der Waals surface area contributed by atoms with Gasteiger partial charge >= 0.3 is 0 Å². The molecule has 2 aliphatic rings. The van der Waals surface area contributed by atoms with Crippen molar-refractivity contribution in [3.8, 4) is 23.0 Å². The lowest BCUT2D eigenvalue weighted by atomic mass is 10.2. The Labute approximate surface area is 282 Å². The Kier molecular flexibility index (Phi) is 20.0. The zero-order valence-corrected chi connectivity index (χ0v) is 27.7. The number of nitrogens with two attached hydrogens (primary N) is 4. The minimum Gasteiger partial charge on any atom is -0.487 e. The molecule has 272 valence electrons. The molecule has 2 aromatic carbocycles. The molecule has 0 radical (unpaired) electrons. The summed E-state index contributed by atoms with van der Waals surface area (Å²) in [6.45, 7) is 9.47. The summed E-state index contributed by atoms with van der Waals surface area (Å²) < 4.78 is 66.0. The van der Waals surface area contributed by atoms with Crippen molar-refractivity contribution >= 4 is 22.7 Å². The number of rotatable bonds is 0. The van der Waals surface area contributed by atoms with Crippen LogP contribution in [0, 0.1) is 0 Å². The van der Waals surface area contributed by atoms with Crippen molar-refractivity contribution in [1.29, 1.82) is 0 Å². The number of nitrogen functional groups attached to an aromatic ring is 4. The van der Waals surface area contributed by atoms with Gasteiger partial charge in [-0.05, 0) is 0 Å². The maximum absolute atomic E-state index is 5.83. The van der Waals surface area contributed by atoms with E-state index < -0.39 is 0 Å². The molecule has 0 bridgehead atoms. The Bertz CT molecular complexity index is 973. The van der Waals surface area contributed by atoms with Crippen molar-refractivity contribution in [1.82, 2.24) is 0 Å². The second-order valence-corrected chi connectivity index (χ2v) is 10.1. The summed E-state index contributed by atoms with van der Waals surface area (Å²) in [6, 6.07) is 6.61. The van der Waals surface area contributed by atoms with E-state index in [2.05, 4.69) is 0 Å². The monoisotopic (exact) mass is 684 g/mol. The highest BCUT2D eigenvalue weighted by atomic mass is 16.6. The van der Waals surface area contributed by atoms with Crippen molar-refractivity contribution in [3.05, 3.63) is 24.3 Å². The van der Waals surface area contributed by atoms with Gasteiger partial charge in [0.15, 0.2) is 23.0 Å². The van der Waals surface area contributed by atoms with Gasteiger partial charge in [-0.25, -0.2) is 0 Å². The molecule has 0 amide bonds. The number of hydrogen-bond acceptors (Lipinski definition) is 16. The van der Waals surface area contributed by atoms with Crippen LogP contribution < -0.4 is 41.9 Å². The van der Waals surface area contributed by atoms with E-state index in [1.165, 1.54) is 0 Å². The molecule has 0 fully saturated rings. The predicted molar refractivity (Wildman–Crippen MR) is 179 cm³/mol. The standard InChI is InChI=1S/2C16H26N2O6/c2*17-13-11-15-16(12-14(13)18)24-10-8-22-6-4-20-2-1-19-3-5-21-7-9-23-15/h2*11-12H,1-10,17-18H2. The molecule has 2 heterocycles. The van der Waals surface area contributed by atoms with Crippen LogP contribution in [0.1, 0.15) is 0 Å². The summed E-state index contributed by atoms with van der Waals surface area (Å²) in [5.41, 5.74) is 25.1. The third-order valence-corrected chi connectivity index (χ3v) is 6.47. The van der Waals surface area contributed by atoms with Crippen LogP contribution in [0.15, 0.2) is 24.3 Å². The molecule has 8 N–H and O–H groups in total. The highest BCUT2D eigenvalue weighted by Gasteiger charge is 2.11. The van der Waals surface area contributed by atoms with E-state index >= 15 is 0 Å². The first-order valence-electron chi connectivity index (χ1n) is 16.1. The highest BCUT2D eigenvalue weighted by molar-refractivity contribution is 5.70. The van der Waals surface area contributed by atoms with E-state index in [1.807, 2.05) is 0 Å². The fourth-order valence-corrected chi connectivity index (χ4v) is 4.00. The Hall–Kier alpha value is -3.48. The normalized spacial score (nSPS) is 19.2. The Morgan fingerprint density at radius 2 is 0.396 bits per heavy atom. The summed E-state index contributed by atoms with van der Waals surface area (Å²) in [7, 11) is 0. The summed E-state index contributed by atoms with van der Waals surface area (Å²) in [4.78, 5) is 0. The van der Waals surface area contributed by atoms with Crippen LogP contribution in [0.4, 0.5) is 22.7 Å². The van der Waals surface area contributed by atoms with Gasteiger partial charge in [0.2, 0.25) is 0 Å². The van der Waals surface area contributed by atoms with Crippen LogP contribution in [0.3, 0.4) is 0 Å². The minimum absolute atomic E-state index is 0.374. The highest BCUT2D eigenvalue weighted by Crippen LogP contribution is 2.34. The van der Waals surface area contributed by atoms with Gasteiger partial charge in [0.25, 0.3) is 0 Å². The molecule has 0 saturated carbocycles. The van der Waals surface area contributed by atoms with Gasteiger partial charge < -0.3 is 79.8 Å². The molecule has 0 spiro atoms. The Morgan fingerprint density at radius 3 is 0.562 bits per heavy atom. The van der Waals surface area contributed by atoms with Gasteiger partial charge in [0.1, 0.15) is 26.4 Å². The molecule has 0 aromatic heterocycles. The van der Waals surface area contributed by atoms with Crippen LogP contribution in [-0.2, 0) is 37.9 Å². The van der Waals surface area contributed by atoms with Gasteiger partial charge in [-0.1, -0.05) is 0 Å². The van der Waals surface area contributed by atoms with Crippen LogP contribution in [0.25, 0.3) is 0 Å². The van der Waals surface area contributed by atoms with Crippen molar-refractivity contribution in [3.63, 3.8) is 0 Å². The van der Waals surface area contributed by atoms with Crippen LogP contribution in [0.2, 0.25) is 0 Å². The predicted octanol–water partition coefficient (Wildman–Crippen LogP) is 1.38. The molecule has 16 nitrogen and oxygen atoms in total. The topological polar surface area (TPSA) is 215 Å². The van der Waals surface area contributed by atoms with Gasteiger partial charge in [-0.2, -0.15) is 0 Å². The number of fused-ring (bicyclic) bond motifs is 2. The van der Waals surface area contributed by atoms with Crippen LogP contribution in [-0.4, -0.2) is 132 Å². The summed E-state index contributed by atoms with van der Waals surface area (Å²) in [5.74, 6) is 2.13. The molecule has 48 heavy (non-hydrogen) atoms. The Morgan fingerprint density at radius 1 is 0.250 bits per heavy atom. The number of ether oxygens (including phenoxy) is 12. The lowest BCUT2D eigenvalue weighted by molar-refractivity contribution is -0.00840. The van der Waals surface area contributed by atoms with Crippen LogP contribution >= 0.6 is 0 Å². The number of hydrogen-bond donors (Lipinski definition) is 4. The van der Waals surface area contributed by atoms with Gasteiger partial charge in [0, 0.05) is 24.3 Å². The number of anilines is 4. The Balaban J connectivity index is 0.000000260. The van der Waals surface area contributed by atoms with E-state index in [1.54, 1.807) is 24.3 Å². The second-order valence-electron chi connectivity index (χ2n) is 10.1. The zero-order valence-electron chi connectivity index (χ0n) is 27.7. The first-order valence-corrected chi connectivity index (χ1v) is 16.1. The summed E-state index contributed by atoms with van der Waals surface area (Å²) in [6.07, 6.45) is 0. The quantitative estimate of drug-likeness (QED) is 0.288. The average molecular weight is 685 g/mol. The first-order chi connectivity index (χ1) is 23.5. The molecule has 2 aromatic rings. The molecule has 2 aliphatic heterocycles. The smallest absolute Gasteiger partial charge is 0.163 e. The van der Waals surface area contributed by atoms with Crippen LogP contribution in [0.5, 0.6) is 23.0 Å². The molecular formula is C32H52N4O12. The molecular weight excluding hydrogens is 632 g/mol. The van der Waals surface area contributed by atoms with Gasteiger partial charge in [-0.15, -0.1) is 0 Å².